The topological polar surface area (TPSA) is 97.7 Å². The number of ketones is 4. The molecule has 0 radical (unpaired) electrons. The molecule has 14 atom stereocenters. The quantitative estimate of drug-likeness (QED) is 0.286. The standard InChI is InChI=1S/C27H44O3Si.C21H30O3/c1-17(28)21-11-12-22-20-10-9-18-15-19(29)13-14-26(18,5)24(20)23(16-27(21,22)6)30-31(7,8)25(2,3)4;1-12(22)16-6-7-17-15-5-4-13-10-14(23)8-9-20(13,2)19(15)18(24)11-21(16,17)3/h15,20-24H,9-14,16H2,1-8H3;10,15-19,24H,4-9,11H2,1-3H3/t20?,21?,22?,23-,24?,26?,27?;15?,16?,17?,18-,19?,20?,21?/m11/s1. The van der Waals surface area contributed by atoms with Gasteiger partial charge in [0.2, 0.25) is 0 Å². The minimum Gasteiger partial charge on any atom is -0.414 e. The van der Waals surface area contributed by atoms with Crippen LogP contribution in [0.4, 0.5) is 0 Å². The number of aliphatic hydroxyl groups excluding tert-OH is 1. The van der Waals surface area contributed by atoms with Crippen molar-refractivity contribution in [1.82, 2.24) is 0 Å². The molecule has 12 unspecified atom stereocenters. The molecule has 306 valence electrons. The first-order valence-electron chi connectivity index (χ1n) is 22.3. The summed E-state index contributed by atoms with van der Waals surface area (Å²) in [6.45, 7) is 24.6. The predicted octanol–water partition coefficient (Wildman–Crippen LogP) is 10.4. The molecule has 8 aliphatic carbocycles. The molecule has 0 saturated heterocycles. The normalized spacial score (nSPS) is 46.3. The average molecular weight is 775 g/mol. The summed E-state index contributed by atoms with van der Waals surface area (Å²) in [5, 5.41) is 11.3. The van der Waals surface area contributed by atoms with E-state index in [0.717, 1.165) is 70.6 Å². The fourth-order valence-corrected chi connectivity index (χ4v) is 16.7. The maximum Gasteiger partial charge on any atom is 0.192 e. The van der Waals surface area contributed by atoms with Crippen LogP contribution in [0, 0.1) is 69.0 Å². The molecule has 0 spiro atoms. The van der Waals surface area contributed by atoms with E-state index in [1.807, 2.05) is 19.1 Å². The van der Waals surface area contributed by atoms with Crippen LogP contribution in [0.5, 0.6) is 0 Å². The SMILES string of the molecule is CC(=O)C1CCC2C3CCC4=CC(=O)CCC4(C)C3[C@H](O)CC12C.CC(=O)C1CCC2C3CCC4=CC(=O)CCC4(C)C3[C@H](O[Si](C)(C)C(C)(C)C)CC12C. The van der Waals surface area contributed by atoms with Crippen LogP contribution in [0.25, 0.3) is 0 Å². The van der Waals surface area contributed by atoms with E-state index in [1.54, 1.807) is 6.92 Å². The van der Waals surface area contributed by atoms with Gasteiger partial charge in [0.1, 0.15) is 11.6 Å². The van der Waals surface area contributed by atoms with E-state index in [1.165, 1.54) is 17.6 Å². The largest absolute Gasteiger partial charge is 0.414 e. The van der Waals surface area contributed by atoms with Crippen LogP contribution in [0.3, 0.4) is 0 Å². The highest BCUT2D eigenvalue weighted by molar-refractivity contribution is 6.74. The highest BCUT2D eigenvalue weighted by Gasteiger charge is 2.65. The number of fused-ring (bicyclic) bond motifs is 10. The molecule has 7 heteroatoms. The van der Waals surface area contributed by atoms with Crippen molar-refractivity contribution in [2.75, 3.05) is 0 Å². The number of hydrogen-bond acceptors (Lipinski definition) is 6. The van der Waals surface area contributed by atoms with E-state index in [9.17, 15) is 24.3 Å². The lowest BCUT2D eigenvalue weighted by molar-refractivity contribution is -0.143. The summed E-state index contributed by atoms with van der Waals surface area (Å²) in [4.78, 5) is 49.0. The Kier molecular flexibility index (Phi) is 10.5. The molecule has 0 amide bonds. The Morgan fingerprint density at radius 2 is 1.13 bits per heavy atom. The van der Waals surface area contributed by atoms with E-state index < -0.39 is 8.32 Å². The molecule has 0 heterocycles. The van der Waals surface area contributed by atoms with Crippen LogP contribution in [-0.4, -0.2) is 48.8 Å². The first-order chi connectivity index (χ1) is 25.5. The molecular weight excluding hydrogens is 701 g/mol. The minimum atomic E-state index is -1.97. The monoisotopic (exact) mass is 775 g/mol. The van der Waals surface area contributed by atoms with Gasteiger partial charge in [-0.05, 0) is 178 Å². The maximum atomic E-state index is 12.7. The molecular formula is C48H74O6Si. The van der Waals surface area contributed by atoms with Gasteiger partial charge in [-0.3, -0.25) is 19.2 Å². The first-order valence-corrected chi connectivity index (χ1v) is 25.2. The third kappa shape index (κ3) is 6.53. The van der Waals surface area contributed by atoms with Crippen molar-refractivity contribution in [3.05, 3.63) is 23.3 Å². The summed E-state index contributed by atoms with van der Waals surface area (Å²) >= 11 is 0. The van der Waals surface area contributed by atoms with Gasteiger partial charge in [-0.15, -0.1) is 0 Å². The molecule has 8 rings (SSSR count). The Balaban J connectivity index is 0.000000174. The zero-order chi connectivity index (χ0) is 40.3. The van der Waals surface area contributed by atoms with Crippen molar-refractivity contribution in [2.45, 2.75) is 183 Å². The third-order valence-electron chi connectivity index (χ3n) is 19.0. The summed E-state index contributed by atoms with van der Waals surface area (Å²) < 4.78 is 7.27. The first kappa shape index (κ1) is 41.5. The summed E-state index contributed by atoms with van der Waals surface area (Å²) in [6.07, 6.45) is 17.2. The Morgan fingerprint density at radius 3 is 1.58 bits per heavy atom. The molecule has 6 nitrogen and oxygen atoms in total. The summed E-state index contributed by atoms with van der Waals surface area (Å²) in [6, 6.07) is 0. The maximum absolute atomic E-state index is 12.7. The number of aliphatic hydroxyl groups is 1. The number of rotatable bonds is 4. The van der Waals surface area contributed by atoms with Crippen LogP contribution in [0.2, 0.25) is 18.1 Å². The molecule has 0 bridgehead atoms. The minimum absolute atomic E-state index is 0.0219. The van der Waals surface area contributed by atoms with Gasteiger partial charge in [0.15, 0.2) is 19.9 Å². The van der Waals surface area contributed by atoms with Gasteiger partial charge >= 0.3 is 0 Å². The van der Waals surface area contributed by atoms with E-state index in [2.05, 4.69) is 61.6 Å². The van der Waals surface area contributed by atoms with E-state index in [-0.39, 0.29) is 62.4 Å². The predicted molar refractivity (Wildman–Crippen MR) is 221 cm³/mol. The highest BCUT2D eigenvalue weighted by atomic mass is 28.4. The lowest BCUT2D eigenvalue weighted by Gasteiger charge is -2.62. The van der Waals surface area contributed by atoms with Gasteiger partial charge in [-0.2, -0.15) is 0 Å². The smallest absolute Gasteiger partial charge is 0.192 e. The molecule has 55 heavy (non-hydrogen) atoms. The van der Waals surface area contributed by atoms with Crippen LogP contribution in [-0.2, 0) is 23.6 Å². The Morgan fingerprint density at radius 1 is 0.691 bits per heavy atom. The van der Waals surface area contributed by atoms with Crippen LogP contribution in [0.1, 0.15) is 152 Å². The molecule has 6 saturated carbocycles. The zero-order valence-electron chi connectivity index (χ0n) is 36.3. The van der Waals surface area contributed by atoms with E-state index in [4.69, 9.17) is 4.43 Å². The molecule has 6 fully saturated rings. The Labute approximate surface area is 334 Å². The van der Waals surface area contributed by atoms with Crippen LogP contribution < -0.4 is 0 Å². The molecule has 1 N–H and O–H groups in total. The van der Waals surface area contributed by atoms with Gasteiger partial charge in [0.25, 0.3) is 0 Å². The molecule has 0 aliphatic heterocycles. The Bertz CT molecular complexity index is 1670. The second kappa shape index (κ2) is 14.0. The Hall–Kier alpha value is -1.70. The fourth-order valence-electron chi connectivity index (χ4n) is 15.3. The van der Waals surface area contributed by atoms with Crippen molar-refractivity contribution in [3.63, 3.8) is 0 Å². The molecule has 0 aromatic rings. The van der Waals surface area contributed by atoms with E-state index >= 15 is 0 Å². The lowest BCUT2D eigenvalue weighted by Crippen LogP contribution is -2.60. The van der Waals surface area contributed by atoms with Crippen molar-refractivity contribution in [1.29, 1.82) is 0 Å². The number of carbonyl (C=O) groups is 4. The van der Waals surface area contributed by atoms with Gasteiger partial charge in [0, 0.05) is 30.8 Å². The third-order valence-corrected chi connectivity index (χ3v) is 23.5. The summed E-state index contributed by atoms with van der Waals surface area (Å²) in [5.41, 5.74) is 2.74. The number of hydrogen-bond donors (Lipinski definition) is 1. The fraction of sp³-hybridized carbons (Fsp3) is 0.833. The average Bonchev–Trinajstić information content (AvgIpc) is 3.61. The van der Waals surface area contributed by atoms with Crippen molar-refractivity contribution in [2.24, 2.45) is 69.0 Å². The molecule has 8 aliphatic rings. The van der Waals surface area contributed by atoms with Gasteiger partial charge < -0.3 is 9.53 Å². The van der Waals surface area contributed by atoms with Crippen LogP contribution >= 0.6 is 0 Å². The number of carbonyl (C=O) groups excluding carboxylic acids is 4. The van der Waals surface area contributed by atoms with Gasteiger partial charge in [0.05, 0.1) is 6.10 Å². The second-order valence-corrected chi connectivity index (χ2v) is 27.4. The number of Topliss-reactive ketones (excluding diaryl/α,β-unsaturated/α-hetero) is 2. The van der Waals surface area contributed by atoms with E-state index in [0.29, 0.717) is 59.8 Å². The number of allylic oxidation sites excluding steroid dienone is 2. The lowest BCUT2D eigenvalue weighted by atomic mass is 9.46. The van der Waals surface area contributed by atoms with Gasteiger partial charge in [-0.1, -0.05) is 59.6 Å². The highest BCUT2D eigenvalue weighted by Crippen LogP contribution is 2.69. The van der Waals surface area contributed by atoms with Crippen molar-refractivity contribution >= 4 is 31.5 Å². The molecule has 0 aromatic carbocycles. The zero-order valence-corrected chi connectivity index (χ0v) is 37.3. The second-order valence-electron chi connectivity index (χ2n) is 22.7. The summed E-state index contributed by atoms with van der Waals surface area (Å²) in [5.74, 6) is 4.55. The molecule has 0 aromatic heterocycles. The van der Waals surface area contributed by atoms with Crippen molar-refractivity contribution in [3.8, 4) is 0 Å². The van der Waals surface area contributed by atoms with Crippen LogP contribution in [0.15, 0.2) is 23.3 Å². The summed E-state index contributed by atoms with van der Waals surface area (Å²) in [7, 11) is -1.97. The van der Waals surface area contributed by atoms with Gasteiger partial charge in [-0.25, -0.2) is 0 Å². The van der Waals surface area contributed by atoms with Crippen molar-refractivity contribution < 1.29 is 28.7 Å².